The Morgan fingerprint density at radius 2 is 1.73 bits per heavy atom. The van der Waals surface area contributed by atoms with Crippen LogP contribution in [0.15, 0.2) is 24.3 Å². The zero-order chi connectivity index (χ0) is 16.3. The van der Waals surface area contributed by atoms with E-state index in [1.54, 1.807) is 24.3 Å². The highest BCUT2D eigenvalue weighted by molar-refractivity contribution is 6.05. The van der Waals surface area contributed by atoms with Gasteiger partial charge >= 0.3 is 5.69 Å². The minimum atomic E-state index is -0.691. The van der Waals surface area contributed by atoms with Crippen molar-refractivity contribution in [1.29, 1.82) is 0 Å². The van der Waals surface area contributed by atoms with Gasteiger partial charge < -0.3 is 10.6 Å². The van der Waals surface area contributed by atoms with Gasteiger partial charge in [0.1, 0.15) is 5.69 Å². The van der Waals surface area contributed by atoms with E-state index in [-0.39, 0.29) is 23.0 Å². The molecule has 0 saturated heterocycles. The van der Waals surface area contributed by atoms with Gasteiger partial charge in [0, 0.05) is 18.3 Å². The van der Waals surface area contributed by atoms with Crippen LogP contribution in [0, 0.1) is 17.0 Å². The van der Waals surface area contributed by atoms with Crippen LogP contribution in [-0.4, -0.2) is 26.9 Å². The zero-order valence-corrected chi connectivity index (χ0v) is 11.8. The molecule has 0 radical (unpaired) electrons. The first-order valence-corrected chi connectivity index (χ1v) is 6.27. The second-order valence-corrected chi connectivity index (χ2v) is 4.52. The van der Waals surface area contributed by atoms with Crippen LogP contribution in [0.5, 0.6) is 0 Å². The maximum Gasteiger partial charge on any atom is 0.322 e. The van der Waals surface area contributed by atoms with E-state index in [2.05, 4.69) is 20.8 Å². The highest BCUT2D eigenvalue weighted by atomic mass is 16.6. The summed E-state index contributed by atoms with van der Waals surface area (Å²) in [4.78, 5) is 33.2. The summed E-state index contributed by atoms with van der Waals surface area (Å²) >= 11 is 0. The van der Waals surface area contributed by atoms with Crippen molar-refractivity contribution in [2.45, 2.75) is 13.8 Å². The summed E-state index contributed by atoms with van der Waals surface area (Å²) < 4.78 is 0. The molecule has 22 heavy (non-hydrogen) atoms. The summed E-state index contributed by atoms with van der Waals surface area (Å²) in [5.41, 5.74) is 0.568. The molecule has 2 aromatic rings. The highest BCUT2D eigenvalue weighted by Crippen LogP contribution is 2.21. The average molecular weight is 303 g/mol. The van der Waals surface area contributed by atoms with E-state index in [1.807, 2.05) is 0 Å². The lowest BCUT2D eigenvalue weighted by atomic mass is 10.2. The molecule has 114 valence electrons. The molecule has 9 heteroatoms. The number of carbonyl (C=O) groups excluding carboxylic acids is 2. The number of nitro groups is 1. The molecule has 0 saturated carbocycles. The molecule has 1 heterocycles. The Kier molecular flexibility index (Phi) is 4.16. The van der Waals surface area contributed by atoms with Gasteiger partial charge in [-0.15, -0.1) is 0 Å². The van der Waals surface area contributed by atoms with Crippen molar-refractivity contribution in [2.24, 2.45) is 0 Å². The number of hydrogen-bond acceptors (Lipinski definition) is 5. The molecule has 0 atom stereocenters. The fourth-order valence-corrected chi connectivity index (χ4v) is 1.84. The first kappa shape index (κ1) is 15.2. The lowest BCUT2D eigenvalue weighted by Gasteiger charge is -2.05. The molecule has 1 aromatic carbocycles. The quantitative estimate of drug-likeness (QED) is 0.586. The third-order valence-corrected chi connectivity index (χ3v) is 2.78. The molecule has 1 aromatic heterocycles. The Balaban J connectivity index is 2.15. The summed E-state index contributed by atoms with van der Waals surface area (Å²) in [6.07, 6.45) is 0. The molecule has 0 fully saturated rings. The summed E-state index contributed by atoms with van der Waals surface area (Å²) in [5, 5.41) is 22.1. The van der Waals surface area contributed by atoms with Gasteiger partial charge in [0.15, 0.2) is 0 Å². The molecule has 0 aliphatic carbocycles. The number of aromatic amines is 1. The average Bonchev–Trinajstić information content (AvgIpc) is 2.82. The number of carbonyl (C=O) groups is 2. The Morgan fingerprint density at radius 3 is 2.23 bits per heavy atom. The number of amides is 2. The lowest BCUT2D eigenvalue weighted by Crippen LogP contribution is -2.14. The van der Waals surface area contributed by atoms with Crippen LogP contribution in [0.1, 0.15) is 23.1 Å². The topological polar surface area (TPSA) is 130 Å². The molecule has 0 bridgehead atoms. The smallest absolute Gasteiger partial charge is 0.322 e. The van der Waals surface area contributed by atoms with Gasteiger partial charge in [-0.05, 0) is 31.2 Å². The highest BCUT2D eigenvalue weighted by Gasteiger charge is 2.27. The molecule has 9 nitrogen and oxygen atoms in total. The van der Waals surface area contributed by atoms with Crippen molar-refractivity contribution in [3.8, 4) is 0 Å². The zero-order valence-electron chi connectivity index (χ0n) is 11.8. The molecule has 0 aliphatic rings. The van der Waals surface area contributed by atoms with Gasteiger partial charge in [-0.2, -0.15) is 5.10 Å². The van der Waals surface area contributed by atoms with Crippen LogP contribution in [0.3, 0.4) is 0 Å². The van der Waals surface area contributed by atoms with Gasteiger partial charge in [0.05, 0.1) is 4.92 Å². The number of anilines is 2. The minimum Gasteiger partial charge on any atom is -0.326 e. The first-order valence-electron chi connectivity index (χ1n) is 6.27. The minimum absolute atomic E-state index is 0.205. The van der Waals surface area contributed by atoms with Crippen molar-refractivity contribution in [3.63, 3.8) is 0 Å². The van der Waals surface area contributed by atoms with Crippen LogP contribution in [0.4, 0.5) is 17.1 Å². The van der Waals surface area contributed by atoms with Crippen LogP contribution in [-0.2, 0) is 4.79 Å². The van der Waals surface area contributed by atoms with Crippen molar-refractivity contribution in [2.75, 3.05) is 10.6 Å². The van der Waals surface area contributed by atoms with Gasteiger partial charge in [-0.25, -0.2) is 0 Å². The third kappa shape index (κ3) is 3.26. The Labute approximate surface area is 124 Å². The number of rotatable bonds is 4. The van der Waals surface area contributed by atoms with E-state index in [0.29, 0.717) is 11.4 Å². The van der Waals surface area contributed by atoms with E-state index in [9.17, 15) is 19.7 Å². The number of hydrogen-bond donors (Lipinski definition) is 3. The van der Waals surface area contributed by atoms with E-state index >= 15 is 0 Å². The van der Waals surface area contributed by atoms with E-state index in [1.165, 1.54) is 13.8 Å². The number of H-pyrrole nitrogens is 1. The number of nitrogens with one attached hydrogen (secondary N) is 3. The maximum atomic E-state index is 12.0. The second-order valence-electron chi connectivity index (χ2n) is 4.52. The predicted octanol–water partition coefficient (Wildman–Crippen LogP) is 1.84. The third-order valence-electron chi connectivity index (χ3n) is 2.78. The number of aryl methyl sites for hydroxylation is 1. The first-order chi connectivity index (χ1) is 10.4. The largest absolute Gasteiger partial charge is 0.326 e. The molecular weight excluding hydrogens is 290 g/mol. The molecular formula is C13H13N5O4. The van der Waals surface area contributed by atoms with Crippen molar-refractivity contribution in [1.82, 2.24) is 10.2 Å². The molecule has 2 amide bonds. The summed E-state index contributed by atoms with van der Waals surface area (Å²) in [5.74, 6) is -0.900. The van der Waals surface area contributed by atoms with Crippen molar-refractivity contribution < 1.29 is 14.5 Å². The number of benzene rings is 1. The Hall–Kier alpha value is -3.23. The van der Waals surface area contributed by atoms with Gasteiger partial charge in [-0.3, -0.25) is 24.8 Å². The molecule has 3 N–H and O–H groups in total. The normalized spacial score (nSPS) is 10.1. The Morgan fingerprint density at radius 1 is 1.18 bits per heavy atom. The second kappa shape index (κ2) is 6.04. The summed E-state index contributed by atoms with van der Waals surface area (Å²) in [6, 6.07) is 6.32. The SMILES string of the molecule is CC(=O)Nc1ccc(NC(=O)c2n[nH]c(C)c2[N+](=O)[O-])cc1. The Bertz CT molecular complexity index is 735. The predicted molar refractivity (Wildman–Crippen MR) is 78.7 cm³/mol. The molecule has 0 unspecified atom stereocenters. The number of nitrogens with zero attached hydrogens (tertiary/aromatic N) is 2. The van der Waals surface area contributed by atoms with Crippen molar-refractivity contribution in [3.05, 3.63) is 45.8 Å². The van der Waals surface area contributed by atoms with E-state index in [4.69, 9.17) is 0 Å². The lowest BCUT2D eigenvalue weighted by molar-refractivity contribution is -0.385. The molecule has 0 aliphatic heterocycles. The fourth-order valence-electron chi connectivity index (χ4n) is 1.84. The monoisotopic (exact) mass is 303 g/mol. The van der Waals surface area contributed by atoms with Gasteiger partial charge in [0.25, 0.3) is 5.91 Å². The molecule has 0 spiro atoms. The van der Waals surface area contributed by atoms with Gasteiger partial charge in [-0.1, -0.05) is 0 Å². The maximum absolute atomic E-state index is 12.0. The van der Waals surface area contributed by atoms with Crippen molar-refractivity contribution >= 4 is 28.9 Å². The number of aromatic nitrogens is 2. The summed E-state index contributed by atoms with van der Waals surface area (Å²) in [7, 11) is 0. The van der Waals surface area contributed by atoms with Gasteiger partial charge in [0.2, 0.25) is 11.6 Å². The van der Waals surface area contributed by atoms with E-state index < -0.39 is 10.8 Å². The standard InChI is InChI=1S/C13H13N5O4/c1-7-12(18(21)22)11(17-16-7)13(20)15-10-5-3-9(4-6-10)14-8(2)19/h3-6H,1-2H3,(H,14,19)(H,15,20)(H,16,17). The van der Waals surface area contributed by atoms with Crippen LogP contribution in [0.25, 0.3) is 0 Å². The molecule has 2 rings (SSSR count). The van der Waals surface area contributed by atoms with Crippen LogP contribution in [0.2, 0.25) is 0 Å². The fraction of sp³-hybridized carbons (Fsp3) is 0.154. The van der Waals surface area contributed by atoms with E-state index in [0.717, 1.165) is 0 Å². The summed E-state index contributed by atoms with van der Waals surface area (Å²) in [6.45, 7) is 2.85. The van der Waals surface area contributed by atoms with Crippen LogP contribution < -0.4 is 10.6 Å². The van der Waals surface area contributed by atoms with Crippen LogP contribution >= 0.6 is 0 Å².